The highest BCUT2D eigenvalue weighted by Crippen LogP contribution is 2.43. The number of nitrogens with one attached hydrogen (secondary N) is 1. The molecule has 4 fully saturated rings. The van der Waals surface area contributed by atoms with Gasteiger partial charge >= 0.3 is 24.1 Å². The lowest BCUT2D eigenvalue weighted by atomic mass is 9.77. The Morgan fingerprint density at radius 2 is 1.67 bits per heavy atom. The second-order valence-electron chi connectivity index (χ2n) is 23.1. The van der Waals surface area contributed by atoms with Gasteiger partial charge < -0.3 is 72.7 Å². The summed E-state index contributed by atoms with van der Waals surface area (Å²) in [4.78, 5) is 70.7. The molecular formula is C56H87FN4O17S. The van der Waals surface area contributed by atoms with Gasteiger partial charge in [-0.05, 0) is 114 Å². The number of hydrogen-bond acceptors (Lipinski definition) is 20. The maximum absolute atomic E-state index is 15.0. The number of carboxylic acids is 1. The first kappa shape index (κ1) is 64.2. The Kier molecular flexibility index (Phi) is 21.5. The van der Waals surface area contributed by atoms with Crippen molar-refractivity contribution in [1.82, 2.24) is 19.7 Å². The molecule has 4 aliphatic rings. The van der Waals surface area contributed by atoms with Crippen LogP contribution in [0.5, 0.6) is 0 Å². The van der Waals surface area contributed by atoms with Gasteiger partial charge in [0.1, 0.15) is 29.2 Å². The zero-order valence-electron chi connectivity index (χ0n) is 48.6. The van der Waals surface area contributed by atoms with E-state index in [9.17, 15) is 39.3 Å². The number of aromatic nitrogens is 1. The number of likely N-dealkylation sites (N-methyl/N-ethyl adjacent to an activating group) is 2. The molecule has 0 amide bonds. The maximum atomic E-state index is 15.0. The fourth-order valence-corrected chi connectivity index (χ4v) is 13.3. The molecule has 18 atom stereocenters. The molecule has 0 bridgehead atoms. The third-order valence-corrected chi connectivity index (χ3v) is 17.7. The van der Waals surface area contributed by atoms with Crippen molar-refractivity contribution in [1.29, 1.82) is 0 Å². The summed E-state index contributed by atoms with van der Waals surface area (Å²) in [6.07, 6.45) is -8.24. The van der Waals surface area contributed by atoms with Crippen LogP contribution in [0, 0.1) is 23.6 Å². The van der Waals surface area contributed by atoms with E-state index in [0.29, 0.717) is 30.2 Å². The van der Waals surface area contributed by atoms with Gasteiger partial charge in [0, 0.05) is 74.6 Å². The van der Waals surface area contributed by atoms with Crippen LogP contribution in [0.1, 0.15) is 119 Å². The van der Waals surface area contributed by atoms with Crippen LogP contribution in [-0.2, 0) is 58.8 Å². The number of nitrogens with zero attached hydrogens (tertiary/aromatic N) is 3. The van der Waals surface area contributed by atoms with Crippen molar-refractivity contribution in [3.8, 4) is 0 Å². The molecule has 0 radical (unpaired) electrons. The summed E-state index contributed by atoms with van der Waals surface area (Å²) in [5.41, 5.74) is -5.40. The molecule has 2 aromatic rings. The van der Waals surface area contributed by atoms with Crippen LogP contribution >= 0.6 is 11.8 Å². The van der Waals surface area contributed by atoms with E-state index in [4.69, 9.17) is 42.6 Å². The number of aliphatic hydroxyl groups excluding tert-OH is 1. The number of carbonyl (C=O) groups is 4. The predicted molar refractivity (Wildman–Crippen MR) is 290 cm³/mol. The van der Waals surface area contributed by atoms with Crippen LogP contribution in [0.25, 0.3) is 10.9 Å². The molecule has 4 saturated heterocycles. The molecule has 6 rings (SSSR count). The second-order valence-corrected chi connectivity index (χ2v) is 24.3. The number of carboxylic acid groups (broad SMARTS) is 1. The SMILES string of the molecule is CC[C@H]1OC(=O)[C@H](C)[C@@H](O[C@H]2C[C@@](C)(OC)[C@@H](OC(=O)CCNCCSc3ccc(F)c4c3c(=O)c(C(=O)O)cn4CC)[C@H](C)O2)[C@H](C)[C@H](O[C@@H]2O[C@H](C)C[C@H](N(C)C)[C@H]2O)[C@](C)(O)C[C@@H](C)CN(C)[C@H](C)[C@@H]2OC(=O)O[C@@]12C. The summed E-state index contributed by atoms with van der Waals surface area (Å²) in [5.74, 6) is -5.00. The number of esters is 2. The molecular weight excluding hydrogens is 1050 g/mol. The Hall–Kier alpha value is -4.01. The fraction of sp³-hybridized carbons (Fsp3) is 0.768. The Balaban J connectivity index is 1.21. The summed E-state index contributed by atoms with van der Waals surface area (Å²) >= 11 is 1.26. The van der Waals surface area contributed by atoms with Gasteiger partial charge in [0.05, 0.1) is 53.3 Å². The molecule has 4 N–H and O–H groups in total. The molecule has 5 heterocycles. The molecule has 0 spiro atoms. The highest BCUT2D eigenvalue weighted by atomic mass is 32.2. The number of benzene rings is 1. The minimum atomic E-state index is -1.64. The Labute approximate surface area is 467 Å². The van der Waals surface area contributed by atoms with Crippen LogP contribution < -0.4 is 10.7 Å². The lowest BCUT2D eigenvalue weighted by molar-refractivity contribution is -0.318. The summed E-state index contributed by atoms with van der Waals surface area (Å²) < 4.78 is 73.3. The van der Waals surface area contributed by atoms with Crippen molar-refractivity contribution in [2.45, 2.75) is 210 Å². The molecule has 0 aliphatic carbocycles. The van der Waals surface area contributed by atoms with E-state index in [1.165, 1.54) is 35.6 Å². The number of fused-ring (bicyclic) bond motifs is 2. The molecule has 23 heteroatoms. The number of ether oxygens (including phenoxy) is 9. The highest BCUT2D eigenvalue weighted by molar-refractivity contribution is 7.99. The number of methoxy groups -OCH3 is 1. The number of aliphatic hydroxyl groups is 2. The third-order valence-electron chi connectivity index (χ3n) is 16.6. The summed E-state index contributed by atoms with van der Waals surface area (Å²) in [5, 5.41) is 37.5. The van der Waals surface area contributed by atoms with Crippen molar-refractivity contribution in [2.24, 2.45) is 17.8 Å². The van der Waals surface area contributed by atoms with Gasteiger partial charge in [-0.3, -0.25) is 19.3 Å². The molecule has 0 unspecified atom stereocenters. The topological polar surface area (TPSA) is 253 Å². The van der Waals surface area contributed by atoms with Crippen molar-refractivity contribution in [3.63, 3.8) is 0 Å². The number of pyridine rings is 1. The van der Waals surface area contributed by atoms with Gasteiger partial charge in [-0.1, -0.05) is 20.8 Å². The van der Waals surface area contributed by atoms with Crippen LogP contribution in [0.3, 0.4) is 0 Å². The van der Waals surface area contributed by atoms with Gasteiger partial charge in [0.2, 0.25) is 5.43 Å². The first-order valence-electron chi connectivity index (χ1n) is 27.7. The van der Waals surface area contributed by atoms with Crippen LogP contribution in [-0.4, -0.2) is 198 Å². The number of aryl methyl sites for hydroxylation is 1. The van der Waals surface area contributed by atoms with E-state index >= 15 is 4.39 Å². The summed E-state index contributed by atoms with van der Waals surface area (Å²) in [7, 11) is 7.12. The van der Waals surface area contributed by atoms with Gasteiger partial charge in [-0.25, -0.2) is 14.0 Å². The molecule has 79 heavy (non-hydrogen) atoms. The first-order chi connectivity index (χ1) is 37.0. The lowest BCUT2D eigenvalue weighted by Gasteiger charge is -2.49. The molecule has 1 aromatic heterocycles. The van der Waals surface area contributed by atoms with Gasteiger partial charge in [-0.15, -0.1) is 11.8 Å². The maximum Gasteiger partial charge on any atom is 0.509 e. The first-order valence-corrected chi connectivity index (χ1v) is 28.7. The predicted octanol–water partition coefficient (Wildman–Crippen LogP) is 5.58. The van der Waals surface area contributed by atoms with Gasteiger partial charge in [0.15, 0.2) is 30.4 Å². The van der Waals surface area contributed by atoms with Crippen molar-refractivity contribution in [3.05, 3.63) is 39.9 Å². The lowest BCUT2D eigenvalue weighted by Crippen LogP contribution is -2.61. The summed E-state index contributed by atoms with van der Waals surface area (Å²) in [6, 6.07) is 1.97. The Bertz CT molecular complexity index is 2520. The monoisotopic (exact) mass is 1140 g/mol. The number of aromatic carboxylic acids is 1. The number of rotatable bonds is 17. The zero-order chi connectivity index (χ0) is 58.6. The molecule has 21 nitrogen and oxygen atoms in total. The van der Waals surface area contributed by atoms with Gasteiger partial charge in [0.25, 0.3) is 0 Å². The minimum Gasteiger partial charge on any atom is -0.477 e. The largest absolute Gasteiger partial charge is 0.509 e. The van der Waals surface area contributed by atoms with E-state index in [1.807, 2.05) is 58.6 Å². The molecule has 1 aromatic carbocycles. The molecule has 446 valence electrons. The molecule has 0 saturated carbocycles. The number of halogens is 1. The standard InChI is InChI=1S/C56H87FN4O17S/c1-16-39-56(11)48(77-53(68)78-56)33(7)60(14)27-29(3)25-54(9,69)47(76-52-45(64)37(59(12)13)24-30(4)71-52)31(5)46(32(6)51(67)73-39)75-41-26-55(10,70-15)49(34(8)72-41)74-40(62)20-21-58-22-23-79-38-19-18-36(57)43-42(38)44(63)35(50(65)66)28-61(43)17-2/h18-19,28-34,37,39,41,45-49,52,58,64,69H,16-17,20-27H2,1-15H3,(H,65,66)/t29-,30-,31+,32-,33-,34+,37+,39-,41+,45-,46+,47+,48+,49+,52+,54-,55-,56+/m1/s1. The average molecular weight is 1140 g/mol. The number of cyclic esters (lactones) is 1. The van der Waals surface area contributed by atoms with E-state index in [2.05, 4.69) is 5.32 Å². The minimum absolute atomic E-state index is 0.00265. The fourth-order valence-electron chi connectivity index (χ4n) is 12.3. The quantitative estimate of drug-likeness (QED) is 0.0653. The van der Waals surface area contributed by atoms with E-state index in [-0.39, 0.29) is 67.7 Å². The van der Waals surface area contributed by atoms with Crippen LogP contribution in [0.15, 0.2) is 28.0 Å². The Morgan fingerprint density at radius 3 is 2.30 bits per heavy atom. The normalized spacial score (nSPS) is 37.1. The van der Waals surface area contributed by atoms with Crippen molar-refractivity contribution < 1.29 is 81.5 Å². The van der Waals surface area contributed by atoms with Crippen LogP contribution in [0.4, 0.5) is 9.18 Å². The third kappa shape index (κ3) is 14.3. The van der Waals surface area contributed by atoms with Crippen molar-refractivity contribution >= 4 is 46.7 Å². The number of carbonyl (C=O) groups excluding carboxylic acids is 3. The summed E-state index contributed by atoms with van der Waals surface area (Å²) in [6.45, 7) is 21.0. The molecule has 4 aliphatic heterocycles. The number of hydrogen-bond donors (Lipinski definition) is 4. The zero-order valence-corrected chi connectivity index (χ0v) is 49.5. The van der Waals surface area contributed by atoms with E-state index < -0.39 is 131 Å². The second kappa shape index (κ2) is 26.5. The highest BCUT2D eigenvalue weighted by Gasteiger charge is 2.58. The number of thioether (sulfide) groups is 1. The van der Waals surface area contributed by atoms with Gasteiger partial charge in [-0.2, -0.15) is 0 Å². The van der Waals surface area contributed by atoms with E-state index in [1.54, 1.807) is 48.5 Å². The van der Waals surface area contributed by atoms with Crippen LogP contribution in [0.2, 0.25) is 0 Å². The average Bonchev–Trinajstić information content (AvgIpc) is 3.91. The van der Waals surface area contributed by atoms with Crippen molar-refractivity contribution in [2.75, 3.05) is 53.6 Å². The Morgan fingerprint density at radius 1 is 0.975 bits per heavy atom. The smallest absolute Gasteiger partial charge is 0.477 e. The van der Waals surface area contributed by atoms with E-state index in [0.717, 1.165) is 6.20 Å².